The van der Waals surface area contributed by atoms with Gasteiger partial charge >= 0.3 is 0 Å². The molecule has 1 aromatic carbocycles. The summed E-state index contributed by atoms with van der Waals surface area (Å²) in [7, 11) is 0. The highest BCUT2D eigenvalue weighted by molar-refractivity contribution is 5.32. The van der Waals surface area contributed by atoms with Crippen molar-refractivity contribution in [2.45, 2.75) is 65.0 Å². The molecular formula is C18H29NO. The van der Waals surface area contributed by atoms with Gasteiger partial charge in [0.1, 0.15) is 5.75 Å². The third kappa shape index (κ3) is 3.54. The Morgan fingerprint density at radius 1 is 1.05 bits per heavy atom. The molecule has 0 aromatic heterocycles. The summed E-state index contributed by atoms with van der Waals surface area (Å²) in [4.78, 5) is 0. The molecule has 0 saturated heterocycles. The summed E-state index contributed by atoms with van der Waals surface area (Å²) >= 11 is 0. The highest BCUT2D eigenvalue weighted by Gasteiger charge is 2.33. The second-order valence-electron chi connectivity index (χ2n) is 6.93. The molecule has 2 heteroatoms. The SMILES string of the molecule is CC(C)Oc1ccc(C2(N)CCC(C(C)C)CC2)cc1. The van der Waals surface area contributed by atoms with Crippen molar-refractivity contribution >= 4 is 0 Å². The zero-order valence-corrected chi connectivity index (χ0v) is 13.4. The molecule has 0 aliphatic heterocycles. The maximum absolute atomic E-state index is 6.65. The second-order valence-corrected chi connectivity index (χ2v) is 6.93. The quantitative estimate of drug-likeness (QED) is 0.879. The smallest absolute Gasteiger partial charge is 0.119 e. The van der Waals surface area contributed by atoms with Crippen molar-refractivity contribution in [2.24, 2.45) is 17.6 Å². The molecule has 1 saturated carbocycles. The third-order valence-corrected chi connectivity index (χ3v) is 4.67. The van der Waals surface area contributed by atoms with Gasteiger partial charge in [0.25, 0.3) is 0 Å². The summed E-state index contributed by atoms with van der Waals surface area (Å²) in [6, 6.07) is 8.40. The number of rotatable bonds is 4. The van der Waals surface area contributed by atoms with Crippen LogP contribution in [0.4, 0.5) is 0 Å². The normalized spacial score (nSPS) is 27.1. The predicted molar refractivity (Wildman–Crippen MR) is 84.9 cm³/mol. The lowest BCUT2D eigenvalue weighted by atomic mass is 9.70. The predicted octanol–water partition coefficient (Wildman–Crippen LogP) is 4.47. The summed E-state index contributed by atoms with van der Waals surface area (Å²) in [5.41, 5.74) is 7.78. The molecule has 0 radical (unpaired) electrons. The van der Waals surface area contributed by atoms with Gasteiger partial charge in [-0.3, -0.25) is 0 Å². The number of nitrogens with two attached hydrogens (primary N) is 1. The molecule has 1 aliphatic rings. The average Bonchev–Trinajstić information content (AvgIpc) is 2.39. The summed E-state index contributed by atoms with van der Waals surface area (Å²) in [6.07, 6.45) is 4.91. The average molecular weight is 275 g/mol. The van der Waals surface area contributed by atoms with Gasteiger partial charge in [0, 0.05) is 5.54 Å². The fraction of sp³-hybridized carbons (Fsp3) is 0.667. The Morgan fingerprint density at radius 3 is 2.05 bits per heavy atom. The van der Waals surface area contributed by atoms with Crippen LogP contribution in [0.3, 0.4) is 0 Å². The van der Waals surface area contributed by atoms with E-state index in [1.165, 1.54) is 18.4 Å². The first-order valence-corrected chi connectivity index (χ1v) is 7.97. The molecule has 20 heavy (non-hydrogen) atoms. The minimum Gasteiger partial charge on any atom is -0.491 e. The first-order valence-electron chi connectivity index (χ1n) is 7.97. The van der Waals surface area contributed by atoms with Crippen molar-refractivity contribution in [1.29, 1.82) is 0 Å². The van der Waals surface area contributed by atoms with Crippen molar-refractivity contribution in [3.05, 3.63) is 29.8 Å². The van der Waals surface area contributed by atoms with Crippen molar-refractivity contribution in [3.63, 3.8) is 0 Å². The summed E-state index contributed by atoms with van der Waals surface area (Å²) in [5, 5.41) is 0. The van der Waals surface area contributed by atoms with E-state index >= 15 is 0 Å². The molecule has 2 nitrogen and oxygen atoms in total. The van der Waals surface area contributed by atoms with Crippen LogP contribution in [-0.4, -0.2) is 6.10 Å². The van der Waals surface area contributed by atoms with Gasteiger partial charge in [0.2, 0.25) is 0 Å². The Kier molecular flexibility index (Phi) is 4.74. The molecule has 0 amide bonds. The van der Waals surface area contributed by atoms with Gasteiger partial charge in [0.05, 0.1) is 6.10 Å². The Balaban J connectivity index is 2.04. The molecule has 0 unspecified atom stereocenters. The summed E-state index contributed by atoms with van der Waals surface area (Å²) in [5.74, 6) is 2.56. The van der Waals surface area contributed by atoms with E-state index < -0.39 is 0 Å². The number of hydrogen-bond acceptors (Lipinski definition) is 2. The zero-order valence-electron chi connectivity index (χ0n) is 13.4. The lowest BCUT2D eigenvalue weighted by Gasteiger charge is -2.39. The highest BCUT2D eigenvalue weighted by atomic mass is 16.5. The fourth-order valence-electron chi connectivity index (χ4n) is 3.25. The maximum atomic E-state index is 6.65. The first kappa shape index (κ1) is 15.4. The van der Waals surface area contributed by atoms with Crippen LogP contribution < -0.4 is 10.5 Å². The molecule has 2 rings (SSSR count). The number of ether oxygens (including phenoxy) is 1. The van der Waals surface area contributed by atoms with E-state index in [0.717, 1.165) is 30.4 Å². The first-order chi connectivity index (χ1) is 9.40. The number of hydrogen-bond donors (Lipinski definition) is 1. The van der Waals surface area contributed by atoms with Crippen LogP contribution in [0.2, 0.25) is 0 Å². The van der Waals surface area contributed by atoms with Crippen LogP contribution in [0, 0.1) is 11.8 Å². The minimum absolute atomic E-state index is 0.137. The van der Waals surface area contributed by atoms with E-state index in [9.17, 15) is 0 Å². The van der Waals surface area contributed by atoms with Gasteiger partial charge in [-0.05, 0) is 69.1 Å². The Hall–Kier alpha value is -1.02. The van der Waals surface area contributed by atoms with E-state index in [0.29, 0.717) is 0 Å². The third-order valence-electron chi connectivity index (χ3n) is 4.67. The van der Waals surface area contributed by atoms with Crippen molar-refractivity contribution < 1.29 is 4.74 Å². The van der Waals surface area contributed by atoms with Crippen molar-refractivity contribution in [3.8, 4) is 5.75 Å². The minimum atomic E-state index is -0.137. The molecule has 0 bridgehead atoms. The van der Waals surface area contributed by atoms with Crippen molar-refractivity contribution in [2.75, 3.05) is 0 Å². The van der Waals surface area contributed by atoms with Crippen LogP contribution >= 0.6 is 0 Å². The highest BCUT2D eigenvalue weighted by Crippen LogP contribution is 2.40. The lowest BCUT2D eigenvalue weighted by Crippen LogP contribution is -2.41. The Labute approximate surface area is 123 Å². The molecule has 0 atom stereocenters. The molecule has 1 aromatic rings. The molecule has 2 N–H and O–H groups in total. The summed E-state index contributed by atoms with van der Waals surface area (Å²) in [6.45, 7) is 8.75. The van der Waals surface area contributed by atoms with Crippen LogP contribution in [0.15, 0.2) is 24.3 Å². The zero-order chi connectivity index (χ0) is 14.8. The Morgan fingerprint density at radius 2 is 1.60 bits per heavy atom. The van der Waals surface area contributed by atoms with Crippen molar-refractivity contribution in [1.82, 2.24) is 0 Å². The second kappa shape index (κ2) is 6.17. The van der Waals surface area contributed by atoms with Gasteiger partial charge in [0.15, 0.2) is 0 Å². The van der Waals surface area contributed by atoms with Gasteiger partial charge in [-0.25, -0.2) is 0 Å². The molecular weight excluding hydrogens is 246 g/mol. The Bertz CT molecular complexity index is 414. The number of benzene rings is 1. The van der Waals surface area contributed by atoms with E-state index in [2.05, 4.69) is 38.1 Å². The monoisotopic (exact) mass is 275 g/mol. The van der Waals surface area contributed by atoms with E-state index in [1.807, 2.05) is 13.8 Å². The molecule has 112 valence electrons. The van der Waals surface area contributed by atoms with E-state index in [-0.39, 0.29) is 11.6 Å². The molecule has 1 aliphatic carbocycles. The standard InChI is InChI=1S/C18H29NO/c1-13(2)15-9-11-18(19,12-10-15)16-5-7-17(8-6-16)20-14(3)4/h5-8,13-15H,9-12,19H2,1-4H3. The molecule has 0 heterocycles. The maximum Gasteiger partial charge on any atom is 0.119 e. The molecule has 0 spiro atoms. The van der Waals surface area contributed by atoms with Gasteiger partial charge in [-0.1, -0.05) is 26.0 Å². The topological polar surface area (TPSA) is 35.2 Å². The van der Waals surface area contributed by atoms with Crippen LogP contribution in [0.1, 0.15) is 58.9 Å². The fourth-order valence-corrected chi connectivity index (χ4v) is 3.25. The van der Waals surface area contributed by atoms with Crippen LogP contribution in [0.25, 0.3) is 0 Å². The lowest BCUT2D eigenvalue weighted by molar-refractivity contribution is 0.196. The van der Waals surface area contributed by atoms with Crippen LogP contribution in [0.5, 0.6) is 5.75 Å². The van der Waals surface area contributed by atoms with Gasteiger partial charge in [-0.15, -0.1) is 0 Å². The largest absolute Gasteiger partial charge is 0.491 e. The summed E-state index contributed by atoms with van der Waals surface area (Å²) < 4.78 is 5.70. The van der Waals surface area contributed by atoms with Gasteiger partial charge in [-0.2, -0.15) is 0 Å². The van der Waals surface area contributed by atoms with E-state index in [4.69, 9.17) is 10.5 Å². The molecule has 1 fully saturated rings. The van der Waals surface area contributed by atoms with Gasteiger partial charge < -0.3 is 10.5 Å². The van der Waals surface area contributed by atoms with E-state index in [1.54, 1.807) is 0 Å². The van der Waals surface area contributed by atoms with Crippen LogP contribution in [-0.2, 0) is 5.54 Å².